The first-order valence-electron chi connectivity index (χ1n) is 6.02. The molecule has 0 unspecified atom stereocenters. The molecule has 0 saturated carbocycles. The number of hydrogen-bond donors (Lipinski definition) is 0. The van der Waals surface area contributed by atoms with Gasteiger partial charge in [-0.1, -0.05) is 41.8 Å². The SMILES string of the molecule is CCCCc1c(C=O)nnn1-c1cc(Cl)cc(Cl)c1. The van der Waals surface area contributed by atoms with Crippen molar-refractivity contribution in [3.63, 3.8) is 0 Å². The van der Waals surface area contributed by atoms with Crippen molar-refractivity contribution in [3.8, 4) is 5.69 Å². The fraction of sp³-hybridized carbons (Fsp3) is 0.308. The van der Waals surface area contributed by atoms with Gasteiger partial charge in [-0.25, -0.2) is 4.68 Å². The predicted octanol–water partition coefficient (Wildman–Crippen LogP) is 3.73. The number of benzene rings is 1. The average Bonchev–Trinajstić information content (AvgIpc) is 2.77. The summed E-state index contributed by atoms with van der Waals surface area (Å²) in [5.74, 6) is 0. The van der Waals surface area contributed by atoms with Crippen LogP contribution in [0.2, 0.25) is 10.0 Å². The van der Waals surface area contributed by atoms with Crippen LogP contribution in [-0.4, -0.2) is 21.3 Å². The van der Waals surface area contributed by atoms with Crippen LogP contribution in [0.5, 0.6) is 0 Å². The third-order valence-corrected chi connectivity index (χ3v) is 3.20. The molecule has 0 spiro atoms. The van der Waals surface area contributed by atoms with E-state index < -0.39 is 0 Å². The summed E-state index contributed by atoms with van der Waals surface area (Å²) in [5, 5.41) is 8.93. The summed E-state index contributed by atoms with van der Waals surface area (Å²) >= 11 is 12.0. The molecule has 1 aromatic heterocycles. The van der Waals surface area contributed by atoms with Crippen molar-refractivity contribution in [3.05, 3.63) is 39.6 Å². The Morgan fingerprint density at radius 2 is 1.95 bits per heavy atom. The highest BCUT2D eigenvalue weighted by Gasteiger charge is 2.14. The molecule has 100 valence electrons. The molecule has 0 aliphatic heterocycles. The number of halogens is 2. The van der Waals surface area contributed by atoms with Gasteiger partial charge in [0.05, 0.1) is 11.4 Å². The van der Waals surface area contributed by atoms with Crippen molar-refractivity contribution in [1.82, 2.24) is 15.0 Å². The molecule has 0 saturated heterocycles. The molecule has 0 atom stereocenters. The molecule has 1 aromatic carbocycles. The highest BCUT2D eigenvalue weighted by Crippen LogP contribution is 2.23. The lowest BCUT2D eigenvalue weighted by atomic mass is 10.1. The zero-order valence-electron chi connectivity index (χ0n) is 10.4. The molecule has 0 bridgehead atoms. The number of rotatable bonds is 5. The van der Waals surface area contributed by atoms with E-state index in [0.717, 1.165) is 31.2 Å². The molecule has 4 nitrogen and oxygen atoms in total. The number of carbonyl (C=O) groups excluding carboxylic acids is 1. The first-order chi connectivity index (χ1) is 9.15. The maximum Gasteiger partial charge on any atom is 0.172 e. The van der Waals surface area contributed by atoms with Gasteiger partial charge in [-0.3, -0.25) is 4.79 Å². The van der Waals surface area contributed by atoms with Crippen LogP contribution in [0.1, 0.15) is 35.9 Å². The summed E-state index contributed by atoms with van der Waals surface area (Å²) in [5.41, 5.74) is 1.86. The zero-order chi connectivity index (χ0) is 13.8. The van der Waals surface area contributed by atoms with E-state index in [1.54, 1.807) is 22.9 Å². The molecule has 0 amide bonds. The highest BCUT2D eigenvalue weighted by atomic mass is 35.5. The minimum Gasteiger partial charge on any atom is -0.296 e. The zero-order valence-corrected chi connectivity index (χ0v) is 11.9. The van der Waals surface area contributed by atoms with Crippen LogP contribution in [0.3, 0.4) is 0 Å². The van der Waals surface area contributed by atoms with Gasteiger partial charge in [0.1, 0.15) is 5.69 Å². The molecule has 0 fully saturated rings. The Morgan fingerprint density at radius 3 is 2.53 bits per heavy atom. The molecule has 6 heteroatoms. The van der Waals surface area contributed by atoms with Gasteiger partial charge in [0.25, 0.3) is 0 Å². The summed E-state index contributed by atoms with van der Waals surface area (Å²) in [6.45, 7) is 2.09. The Balaban J connectivity index is 2.48. The van der Waals surface area contributed by atoms with E-state index in [-0.39, 0.29) is 0 Å². The number of aldehydes is 1. The Hall–Kier alpha value is -1.39. The molecule has 0 aliphatic rings. The van der Waals surface area contributed by atoms with Crippen molar-refractivity contribution in [2.24, 2.45) is 0 Å². The van der Waals surface area contributed by atoms with Gasteiger partial charge in [0.2, 0.25) is 0 Å². The van der Waals surface area contributed by atoms with Crippen LogP contribution in [0.4, 0.5) is 0 Å². The van der Waals surface area contributed by atoms with E-state index in [1.165, 1.54) is 0 Å². The normalized spacial score (nSPS) is 10.7. The molecular weight excluding hydrogens is 285 g/mol. The second kappa shape index (κ2) is 6.17. The van der Waals surface area contributed by atoms with E-state index >= 15 is 0 Å². The molecule has 1 heterocycles. The van der Waals surface area contributed by atoms with Crippen molar-refractivity contribution < 1.29 is 4.79 Å². The van der Waals surface area contributed by atoms with Gasteiger partial charge in [-0.05, 0) is 31.0 Å². The lowest BCUT2D eigenvalue weighted by Crippen LogP contribution is -2.04. The number of nitrogens with zero attached hydrogens (tertiary/aromatic N) is 3. The average molecular weight is 298 g/mol. The van der Waals surface area contributed by atoms with E-state index in [9.17, 15) is 4.79 Å². The standard InChI is InChI=1S/C13H13Cl2N3O/c1-2-3-4-13-12(8-19)16-17-18(13)11-6-9(14)5-10(15)7-11/h5-8H,2-4H2,1H3. The van der Waals surface area contributed by atoms with Crippen LogP contribution in [-0.2, 0) is 6.42 Å². The van der Waals surface area contributed by atoms with E-state index in [1.807, 2.05) is 0 Å². The lowest BCUT2D eigenvalue weighted by Gasteiger charge is -2.07. The predicted molar refractivity (Wildman–Crippen MR) is 75.4 cm³/mol. The van der Waals surface area contributed by atoms with Crippen LogP contribution in [0, 0.1) is 0 Å². The number of hydrogen-bond acceptors (Lipinski definition) is 3. The van der Waals surface area contributed by atoms with Crippen LogP contribution in [0.25, 0.3) is 5.69 Å². The molecule has 19 heavy (non-hydrogen) atoms. The van der Waals surface area contributed by atoms with Gasteiger partial charge in [-0.2, -0.15) is 0 Å². The molecule has 0 aliphatic carbocycles. The van der Waals surface area contributed by atoms with Gasteiger partial charge in [0.15, 0.2) is 6.29 Å². The van der Waals surface area contributed by atoms with Crippen molar-refractivity contribution in [1.29, 1.82) is 0 Å². The van der Waals surface area contributed by atoms with Crippen LogP contribution in [0.15, 0.2) is 18.2 Å². The smallest absolute Gasteiger partial charge is 0.172 e. The fourth-order valence-electron chi connectivity index (χ4n) is 1.85. The van der Waals surface area contributed by atoms with E-state index in [2.05, 4.69) is 17.2 Å². The lowest BCUT2D eigenvalue weighted by molar-refractivity contribution is 0.111. The van der Waals surface area contributed by atoms with Gasteiger partial charge in [0, 0.05) is 10.0 Å². The van der Waals surface area contributed by atoms with Crippen molar-refractivity contribution in [2.75, 3.05) is 0 Å². The summed E-state index contributed by atoms with van der Waals surface area (Å²) in [7, 11) is 0. The first kappa shape index (κ1) is 14.0. The van der Waals surface area contributed by atoms with Crippen molar-refractivity contribution in [2.45, 2.75) is 26.2 Å². The third-order valence-electron chi connectivity index (χ3n) is 2.76. The molecule has 0 N–H and O–H groups in total. The molecule has 2 aromatic rings. The molecule has 2 rings (SSSR count). The Morgan fingerprint density at radius 1 is 1.26 bits per heavy atom. The summed E-state index contributed by atoms with van der Waals surface area (Å²) in [6, 6.07) is 5.13. The minimum atomic E-state index is 0.365. The topological polar surface area (TPSA) is 47.8 Å². The molecule has 0 radical (unpaired) electrons. The fourth-order valence-corrected chi connectivity index (χ4v) is 2.37. The van der Waals surface area contributed by atoms with E-state index in [0.29, 0.717) is 21.4 Å². The minimum absolute atomic E-state index is 0.365. The Kier molecular flexibility index (Phi) is 4.56. The summed E-state index contributed by atoms with van der Waals surface area (Å²) in [4.78, 5) is 11.0. The Labute approximate surface area is 121 Å². The van der Waals surface area contributed by atoms with Crippen LogP contribution < -0.4 is 0 Å². The quantitative estimate of drug-likeness (QED) is 0.790. The summed E-state index contributed by atoms with van der Waals surface area (Å²) < 4.78 is 1.62. The monoisotopic (exact) mass is 297 g/mol. The van der Waals surface area contributed by atoms with Crippen molar-refractivity contribution >= 4 is 29.5 Å². The maximum atomic E-state index is 11.0. The van der Waals surface area contributed by atoms with Gasteiger partial charge < -0.3 is 0 Å². The van der Waals surface area contributed by atoms with Gasteiger partial charge in [-0.15, -0.1) is 5.10 Å². The first-order valence-corrected chi connectivity index (χ1v) is 6.77. The number of unbranched alkanes of at least 4 members (excludes halogenated alkanes) is 1. The molecular formula is C13H13Cl2N3O. The highest BCUT2D eigenvalue weighted by molar-refractivity contribution is 6.34. The third kappa shape index (κ3) is 3.14. The van der Waals surface area contributed by atoms with Crippen LogP contribution >= 0.6 is 23.2 Å². The second-order valence-corrected chi connectivity index (χ2v) is 5.06. The maximum absolute atomic E-state index is 11.0. The number of carbonyl (C=O) groups is 1. The number of aromatic nitrogens is 3. The van der Waals surface area contributed by atoms with Gasteiger partial charge >= 0.3 is 0 Å². The Bertz CT molecular complexity index is 575. The largest absolute Gasteiger partial charge is 0.296 e. The van der Waals surface area contributed by atoms with E-state index in [4.69, 9.17) is 23.2 Å². The summed E-state index contributed by atoms with van der Waals surface area (Å²) in [6.07, 6.45) is 3.45. The second-order valence-electron chi connectivity index (χ2n) is 4.18.